The van der Waals surface area contributed by atoms with Crippen LogP contribution < -0.4 is 0 Å². The van der Waals surface area contributed by atoms with Crippen LogP contribution in [0, 0.1) is 0 Å². The number of nitrogens with zero attached hydrogens (tertiary/aromatic N) is 2. The SMILES string of the molecule is COC(=O)[C@@H]1COC(c2ccc(C3=N[C@H](C(=O)OC)CO3)cc2)=N1. The molecule has 1 aromatic rings. The molecule has 2 heterocycles. The molecule has 0 amide bonds. The summed E-state index contributed by atoms with van der Waals surface area (Å²) in [5.41, 5.74) is 1.46. The van der Waals surface area contributed by atoms with Gasteiger partial charge in [-0.2, -0.15) is 0 Å². The second kappa shape index (κ2) is 6.69. The number of aliphatic imine (C=N–C) groups is 2. The lowest BCUT2D eigenvalue weighted by atomic mass is 10.1. The average Bonchev–Trinajstić information content (AvgIpc) is 3.30. The average molecular weight is 332 g/mol. The molecule has 0 saturated heterocycles. The Bertz CT molecular complexity index is 649. The molecule has 0 saturated carbocycles. The van der Waals surface area contributed by atoms with Crippen LogP contribution in [0.3, 0.4) is 0 Å². The Morgan fingerprint density at radius 2 is 1.25 bits per heavy atom. The van der Waals surface area contributed by atoms with E-state index in [0.717, 1.165) is 11.1 Å². The Kier molecular flexibility index (Phi) is 4.45. The van der Waals surface area contributed by atoms with Crippen molar-refractivity contribution in [2.45, 2.75) is 12.1 Å². The minimum absolute atomic E-state index is 0.167. The van der Waals surface area contributed by atoms with Gasteiger partial charge in [0, 0.05) is 11.1 Å². The summed E-state index contributed by atoms with van der Waals surface area (Å²) in [7, 11) is 2.63. The third-order valence-corrected chi connectivity index (χ3v) is 3.63. The van der Waals surface area contributed by atoms with Crippen molar-refractivity contribution in [3.05, 3.63) is 35.4 Å². The quantitative estimate of drug-likeness (QED) is 0.737. The number of ether oxygens (including phenoxy) is 4. The first-order valence-electron chi connectivity index (χ1n) is 7.30. The Hall–Kier alpha value is -2.90. The fourth-order valence-corrected chi connectivity index (χ4v) is 2.33. The fraction of sp³-hybridized carbons (Fsp3) is 0.375. The molecule has 2 aliphatic heterocycles. The molecule has 0 aliphatic carbocycles. The maximum absolute atomic E-state index is 11.5. The zero-order valence-corrected chi connectivity index (χ0v) is 13.2. The fourth-order valence-electron chi connectivity index (χ4n) is 2.33. The second-order valence-electron chi connectivity index (χ2n) is 5.15. The van der Waals surface area contributed by atoms with Gasteiger partial charge in [0.2, 0.25) is 11.8 Å². The zero-order valence-electron chi connectivity index (χ0n) is 13.2. The molecule has 0 spiro atoms. The van der Waals surface area contributed by atoms with Gasteiger partial charge in [0.25, 0.3) is 0 Å². The van der Waals surface area contributed by atoms with Crippen molar-refractivity contribution in [3.63, 3.8) is 0 Å². The Balaban J connectivity index is 1.73. The number of methoxy groups -OCH3 is 2. The lowest BCUT2D eigenvalue weighted by Gasteiger charge is -2.04. The first-order valence-corrected chi connectivity index (χ1v) is 7.30. The summed E-state index contributed by atoms with van der Waals surface area (Å²) >= 11 is 0. The molecule has 24 heavy (non-hydrogen) atoms. The molecular formula is C16H16N2O6. The van der Waals surface area contributed by atoms with E-state index in [1.54, 1.807) is 24.3 Å². The summed E-state index contributed by atoms with van der Waals surface area (Å²) in [6, 6.07) is 5.87. The van der Waals surface area contributed by atoms with Crippen LogP contribution in [0.5, 0.6) is 0 Å². The molecule has 2 atom stereocenters. The van der Waals surface area contributed by atoms with Gasteiger partial charge in [0.05, 0.1) is 14.2 Å². The minimum Gasteiger partial charge on any atom is -0.475 e. The van der Waals surface area contributed by atoms with E-state index in [0.29, 0.717) is 11.8 Å². The normalized spacial score (nSPS) is 22.1. The van der Waals surface area contributed by atoms with Crippen LogP contribution in [0.4, 0.5) is 0 Å². The van der Waals surface area contributed by atoms with Crippen molar-refractivity contribution in [1.82, 2.24) is 0 Å². The molecule has 2 aliphatic rings. The van der Waals surface area contributed by atoms with E-state index in [2.05, 4.69) is 19.5 Å². The third kappa shape index (κ3) is 3.08. The molecule has 0 bridgehead atoms. The molecule has 3 rings (SSSR count). The third-order valence-electron chi connectivity index (χ3n) is 3.63. The Morgan fingerprint density at radius 3 is 1.58 bits per heavy atom. The molecule has 8 nitrogen and oxygen atoms in total. The highest BCUT2D eigenvalue weighted by Gasteiger charge is 2.29. The summed E-state index contributed by atoms with van der Waals surface area (Å²) in [5, 5.41) is 0. The van der Waals surface area contributed by atoms with Crippen LogP contribution in [-0.2, 0) is 28.5 Å². The van der Waals surface area contributed by atoms with Gasteiger partial charge in [-0.05, 0) is 24.3 Å². The van der Waals surface area contributed by atoms with Crippen LogP contribution in [0.15, 0.2) is 34.3 Å². The predicted octanol–water partition coefficient (Wildman–Crippen LogP) is 0.323. The molecule has 8 heteroatoms. The smallest absolute Gasteiger partial charge is 0.334 e. The van der Waals surface area contributed by atoms with Crippen LogP contribution in [0.2, 0.25) is 0 Å². The number of carbonyl (C=O) groups excluding carboxylic acids is 2. The van der Waals surface area contributed by atoms with E-state index >= 15 is 0 Å². The molecule has 0 unspecified atom stereocenters. The van der Waals surface area contributed by atoms with E-state index in [9.17, 15) is 9.59 Å². The van der Waals surface area contributed by atoms with Crippen LogP contribution in [-0.4, -0.2) is 63.3 Å². The van der Waals surface area contributed by atoms with Crippen molar-refractivity contribution in [2.75, 3.05) is 27.4 Å². The Labute approximate surface area is 138 Å². The maximum Gasteiger partial charge on any atom is 0.334 e. The predicted molar refractivity (Wildman–Crippen MR) is 83.0 cm³/mol. The van der Waals surface area contributed by atoms with E-state index in [-0.39, 0.29) is 13.2 Å². The highest BCUT2D eigenvalue weighted by molar-refractivity contribution is 6.00. The topological polar surface area (TPSA) is 95.8 Å². The largest absolute Gasteiger partial charge is 0.475 e. The van der Waals surface area contributed by atoms with Crippen molar-refractivity contribution in [2.24, 2.45) is 9.98 Å². The van der Waals surface area contributed by atoms with Crippen LogP contribution in [0.25, 0.3) is 0 Å². The van der Waals surface area contributed by atoms with E-state index in [4.69, 9.17) is 9.47 Å². The first kappa shape index (κ1) is 16.0. The van der Waals surface area contributed by atoms with E-state index in [1.165, 1.54) is 14.2 Å². The first-order chi connectivity index (χ1) is 11.6. The van der Waals surface area contributed by atoms with Gasteiger partial charge >= 0.3 is 11.9 Å². The highest BCUT2D eigenvalue weighted by Crippen LogP contribution is 2.17. The molecule has 126 valence electrons. The van der Waals surface area contributed by atoms with E-state index in [1.807, 2.05) is 0 Å². The van der Waals surface area contributed by atoms with Gasteiger partial charge in [-0.25, -0.2) is 19.6 Å². The van der Waals surface area contributed by atoms with Gasteiger partial charge in [-0.1, -0.05) is 0 Å². The summed E-state index contributed by atoms with van der Waals surface area (Å²) in [4.78, 5) is 31.3. The molecule has 0 aromatic heterocycles. The van der Waals surface area contributed by atoms with Crippen LogP contribution >= 0.6 is 0 Å². The van der Waals surface area contributed by atoms with Gasteiger partial charge < -0.3 is 18.9 Å². The highest BCUT2D eigenvalue weighted by atomic mass is 16.5. The summed E-state index contributed by atoms with van der Waals surface area (Å²) in [6.45, 7) is 0.334. The molecule has 1 aromatic carbocycles. The monoisotopic (exact) mass is 332 g/mol. The number of esters is 2. The van der Waals surface area contributed by atoms with Crippen molar-refractivity contribution < 1.29 is 28.5 Å². The second-order valence-corrected chi connectivity index (χ2v) is 5.15. The summed E-state index contributed by atoms with van der Waals surface area (Å²) in [6.07, 6.45) is 0. The number of carbonyl (C=O) groups is 2. The summed E-state index contributed by atoms with van der Waals surface area (Å²) in [5.74, 6) is -0.0781. The molecular weight excluding hydrogens is 316 g/mol. The Morgan fingerprint density at radius 1 is 0.875 bits per heavy atom. The molecule has 0 N–H and O–H groups in total. The standard InChI is InChI=1S/C16H16N2O6/c1-21-15(19)11-7-23-13(17-11)9-3-5-10(6-4-9)14-18-12(8-24-14)16(20)22-2/h3-6,11-12H,7-8H2,1-2H3/t11-,12-/m0/s1. The molecule has 0 radical (unpaired) electrons. The minimum atomic E-state index is -0.631. The zero-order chi connectivity index (χ0) is 17.1. The number of rotatable bonds is 4. The van der Waals surface area contributed by atoms with Crippen LogP contribution in [0.1, 0.15) is 11.1 Å². The maximum atomic E-state index is 11.5. The lowest BCUT2D eigenvalue weighted by Crippen LogP contribution is -2.21. The number of hydrogen-bond acceptors (Lipinski definition) is 8. The van der Waals surface area contributed by atoms with Gasteiger partial charge in [-0.3, -0.25) is 0 Å². The van der Waals surface area contributed by atoms with Gasteiger partial charge in [0.1, 0.15) is 13.2 Å². The molecule has 0 fully saturated rings. The summed E-state index contributed by atoms with van der Waals surface area (Å²) < 4.78 is 20.2. The van der Waals surface area contributed by atoms with E-state index < -0.39 is 24.0 Å². The van der Waals surface area contributed by atoms with Crippen molar-refractivity contribution >= 4 is 23.7 Å². The number of hydrogen-bond donors (Lipinski definition) is 0. The number of benzene rings is 1. The van der Waals surface area contributed by atoms with Gasteiger partial charge in [0.15, 0.2) is 12.1 Å². The van der Waals surface area contributed by atoms with Crippen molar-refractivity contribution in [1.29, 1.82) is 0 Å². The van der Waals surface area contributed by atoms with Gasteiger partial charge in [-0.15, -0.1) is 0 Å². The lowest BCUT2D eigenvalue weighted by molar-refractivity contribution is -0.143. The van der Waals surface area contributed by atoms with Crippen molar-refractivity contribution in [3.8, 4) is 0 Å².